The second-order valence-corrected chi connectivity index (χ2v) is 5.58. The van der Waals surface area contributed by atoms with Gasteiger partial charge >= 0.3 is 5.97 Å². The molecule has 0 radical (unpaired) electrons. The average molecular weight is 290 g/mol. The first-order valence-corrected chi connectivity index (χ1v) is 7.29. The summed E-state index contributed by atoms with van der Waals surface area (Å²) in [6.07, 6.45) is 2.31. The lowest BCUT2D eigenvalue weighted by Gasteiger charge is -2.29. The van der Waals surface area contributed by atoms with Crippen molar-refractivity contribution in [2.24, 2.45) is 5.92 Å². The number of esters is 1. The zero-order valence-electron chi connectivity index (χ0n) is 12.6. The second-order valence-electron chi connectivity index (χ2n) is 5.58. The van der Waals surface area contributed by atoms with Gasteiger partial charge in [-0.15, -0.1) is 0 Å². The Morgan fingerprint density at radius 2 is 1.86 bits per heavy atom. The number of rotatable bonds is 4. The number of nitrogens with zero attached hydrogens (tertiary/aromatic N) is 1. The highest BCUT2D eigenvalue weighted by Crippen LogP contribution is 2.16. The van der Waals surface area contributed by atoms with Gasteiger partial charge in [-0.05, 0) is 56.1 Å². The maximum Gasteiger partial charge on any atom is 0.337 e. The lowest BCUT2D eigenvalue weighted by Crippen LogP contribution is -2.38. The minimum absolute atomic E-state index is 0.0182. The van der Waals surface area contributed by atoms with E-state index in [1.807, 2.05) is 0 Å². The molecule has 0 atom stereocenters. The molecule has 1 aliphatic rings. The van der Waals surface area contributed by atoms with E-state index in [1.165, 1.54) is 7.11 Å². The van der Waals surface area contributed by atoms with Crippen LogP contribution in [0.2, 0.25) is 0 Å². The summed E-state index contributed by atoms with van der Waals surface area (Å²) in [6.45, 7) is 4.64. The van der Waals surface area contributed by atoms with Crippen molar-refractivity contribution in [1.29, 1.82) is 0 Å². The number of methoxy groups -OCH3 is 1. The molecule has 1 heterocycles. The molecule has 0 aromatic heterocycles. The number of amides is 1. The highest BCUT2D eigenvalue weighted by molar-refractivity contribution is 5.93. The van der Waals surface area contributed by atoms with Crippen LogP contribution in [-0.4, -0.2) is 43.5 Å². The van der Waals surface area contributed by atoms with Crippen molar-refractivity contribution in [3.8, 4) is 0 Å². The SMILES string of the molecule is COC(=O)c1ccc(NC(=O)CN2CCC(C)CC2)cc1. The first kappa shape index (κ1) is 15.5. The van der Waals surface area contributed by atoms with Crippen LogP contribution in [0.4, 0.5) is 5.69 Å². The molecule has 1 N–H and O–H groups in total. The molecule has 0 unspecified atom stereocenters. The van der Waals surface area contributed by atoms with E-state index in [1.54, 1.807) is 24.3 Å². The largest absolute Gasteiger partial charge is 0.465 e. The molecule has 0 saturated carbocycles. The van der Waals surface area contributed by atoms with E-state index in [2.05, 4.69) is 21.9 Å². The fourth-order valence-electron chi connectivity index (χ4n) is 2.43. The molecule has 114 valence electrons. The molecule has 1 aromatic carbocycles. The topological polar surface area (TPSA) is 58.6 Å². The smallest absolute Gasteiger partial charge is 0.337 e. The van der Waals surface area contributed by atoms with Crippen LogP contribution in [-0.2, 0) is 9.53 Å². The number of anilines is 1. The Labute approximate surface area is 125 Å². The third kappa shape index (κ3) is 4.56. The van der Waals surface area contributed by atoms with Gasteiger partial charge in [0, 0.05) is 5.69 Å². The van der Waals surface area contributed by atoms with Crippen LogP contribution in [0.1, 0.15) is 30.1 Å². The van der Waals surface area contributed by atoms with E-state index in [0.29, 0.717) is 17.8 Å². The number of benzene rings is 1. The van der Waals surface area contributed by atoms with Crippen LogP contribution < -0.4 is 5.32 Å². The number of carbonyl (C=O) groups is 2. The normalized spacial score (nSPS) is 16.5. The molecular formula is C16H22N2O3. The van der Waals surface area contributed by atoms with Gasteiger partial charge in [0.25, 0.3) is 0 Å². The van der Waals surface area contributed by atoms with Gasteiger partial charge in [-0.3, -0.25) is 9.69 Å². The summed E-state index contributed by atoms with van der Waals surface area (Å²) in [7, 11) is 1.34. The number of hydrogen-bond acceptors (Lipinski definition) is 4. The number of hydrogen-bond donors (Lipinski definition) is 1. The van der Waals surface area contributed by atoms with Gasteiger partial charge in [-0.1, -0.05) is 6.92 Å². The molecular weight excluding hydrogens is 268 g/mol. The van der Waals surface area contributed by atoms with Crippen molar-refractivity contribution >= 4 is 17.6 Å². The van der Waals surface area contributed by atoms with Crippen molar-refractivity contribution in [3.05, 3.63) is 29.8 Å². The molecule has 1 amide bonds. The van der Waals surface area contributed by atoms with Crippen LogP contribution in [0.5, 0.6) is 0 Å². The van der Waals surface area contributed by atoms with Crippen LogP contribution >= 0.6 is 0 Å². The molecule has 0 bridgehead atoms. The zero-order chi connectivity index (χ0) is 15.2. The number of ether oxygens (including phenoxy) is 1. The molecule has 1 aliphatic heterocycles. The molecule has 0 spiro atoms. The summed E-state index contributed by atoms with van der Waals surface area (Å²) in [5.74, 6) is 0.362. The Morgan fingerprint density at radius 3 is 2.43 bits per heavy atom. The standard InChI is InChI=1S/C16H22N2O3/c1-12-7-9-18(10-8-12)11-15(19)17-14-5-3-13(4-6-14)16(20)21-2/h3-6,12H,7-11H2,1-2H3,(H,17,19). The summed E-state index contributed by atoms with van der Waals surface area (Å²) in [5, 5.41) is 2.85. The van der Waals surface area contributed by atoms with Crippen molar-refractivity contribution in [2.45, 2.75) is 19.8 Å². The predicted molar refractivity (Wildman–Crippen MR) is 81.2 cm³/mol. The number of likely N-dealkylation sites (tertiary alicyclic amines) is 1. The Hall–Kier alpha value is -1.88. The predicted octanol–water partition coefficient (Wildman–Crippen LogP) is 2.14. The summed E-state index contributed by atoms with van der Waals surface area (Å²) < 4.78 is 4.63. The van der Waals surface area contributed by atoms with E-state index in [-0.39, 0.29) is 11.9 Å². The number of nitrogens with one attached hydrogen (secondary N) is 1. The quantitative estimate of drug-likeness (QED) is 0.863. The van der Waals surface area contributed by atoms with Crippen LogP contribution in [0.15, 0.2) is 24.3 Å². The van der Waals surface area contributed by atoms with E-state index in [0.717, 1.165) is 31.8 Å². The fourth-order valence-corrected chi connectivity index (χ4v) is 2.43. The molecule has 1 fully saturated rings. The number of piperidine rings is 1. The average Bonchev–Trinajstić information content (AvgIpc) is 2.49. The van der Waals surface area contributed by atoms with E-state index < -0.39 is 0 Å². The Balaban J connectivity index is 1.83. The lowest BCUT2D eigenvalue weighted by atomic mass is 9.99. The van der Waals surface area contributed by atoms with Crippen molar-refractivity contribution in [2.75, 3.05) is 32.1 Å². The molecule has 1 saturated heterocycles. The highest BCUT2D eigenvalue weighted by atomic mass is 16.5. The lowest BCUT2D eigenvalue weighted by molar-refractivity contribution is -0.117. The summed E-state index contributed by atoms with van der Waals surface area (Å²) in [4.78, 5) is 25.5. The van der Waals surface area contributed by atoms with Gasteiger partial charge in [-0.2, -0.15) is 0 Å². The third-order valence-corrected chi connectivity index (χ3v) is 3.83. The monoisotopic (exact) mass is 290 g/mol. The summed E-state index contributed by atoms with van der Waals surface area (Å²) in [6, 6.07) is 6.71. The van der Waals surface area contributed by atoms with Crippen molar-refractivity contribution < 1.29 is 14.3 Å². The molecule has 2 rings (SSSR count). The van der Waals surface area contributed by atoms with Gasteiger partial charge < -0.3 is 10.1 Å². The van der Waals surface area contributed by atoms with Gasteiger partial charge in [0.1, 0.15) is 0 Å². The minimum atomic E-state index is -0.379. The fraction of sp³-hybridized carbons (Fsp3) is 0.500. The minimum Gasteiger partial charge on any atom is -0.465 e. The second kappa shape index (κ2) is 7.22. The van der Waals surface area contributed by atoms with Gasteiger partial charge in [0.05, 0.1) is 19.2 Å². The van der Waals surface area contributed by atoms with E-state index in [4.69, 9.17) is 0 Å². The summed E-state index contributed by atoms with van der Waals surface area (Å²) in [5.41, 5.74) is 1.17. The molecule has 0 aliphatic carbocycles. The maximum atomic E-state index is 12.0. The van der Waals surface area contributed by atoms with E-state index >= 15 is 0 Å². The molecule has 21 heavy (non-hydrogen) atoms. The molecule has 5 nitrogen and oxygen atoms in total. The molecule has 5 heteroatoms. The van der Waals surface area contributed by atoms with Crippen LogP contribution in [0.3, 0.4) is 0 Å². The Kier molecular flexibility index (Phi) is 5.33. The Morgan fingerprint density at radius 1 is 1.24 bits per heavy atom. The first-order valence-electron chi connectivity index (χ1n) is 7.29. The third-order valence-electron chi connectivity index (χ3n) is 3.83. The zero-order valence-corrected chi connectivity index (χ0v) is 12.6. The Bertz CT molecular complexity index is 491. The van der Waals surface area contributed by atoms with Crippen LogP contribution in [0.25, 0.3) is 0 Å². The highest BCUT2D eigenvalue weighted by Gasteiger charge is 2.17. The van der Waals surface area contributed by atoms with Gasteiger partial charge in [-0.25, -0.2) is 4.79 Å². The van der Waals surface area contributed by atoms with Crippen molar-refractivity contribution in [3.63, 3.8) is 0 Å². The van der Waals surface area contributed by atoms with E-state index in [9.17, 15) is 9.59 Å². The van der Waals surface area contributed by atoms with Gasteiger partial charge in [0.15, 0.2) is 0 Å². The maximum absolute atomic E-state index is 12.0. The number of carbonyl (C=O) groups excluding carboxylic acids is 2. The molecule has 1 aromatic rings. The first-order chi connectivity index (χ1) is 10.1. The van der Waals surface area contributed by atoms with Gasteiger partial charge in [0.2, 0.25) is 5.91 Å². The van der Waals surface area contributed by atoms with Crippen molar-refractivity contribution in [1.82, 2.24) is 4.90 Å². The summed E-state index contributed by atoms with van der Waals surface area (Å²) >= 11 is 0. The van der Waals surface area contributed by atoms with Crippen LogP contribution in [0, 0.1) is 5.92 Å².